The third-order valence-corrected chi connectivity index (χ3v) is 3.26. The van der Waals surface area contributed by atoms with Gasteiger partial charge in [-0.1, -0.05) is 20.8 Å². The summed E-state index contributed by atoms with van der Waals surface area (Å²) in [5.41, 5.74) is 6.27. The third kappa shape index (κ3) is 11.7. The number of carbonyl (C=O) groups excluding carboxylic acids is 1. The molecule has 126 valence electrons. The van der Waals surface area contributed by atoms with E-state index < -0.39 is 0 Å². The van der Waals surface area contributed by atoms with Gasteiger partial charge in [0.15, 0.2) is 0 Å². The molecule has 21 heavy (non-hydrogen) atoms. The normalized spacial score (nSPS) is 13.5. The second-order valence-corrected chi connectivity index (χ2v) is 7.26. The number of rotatable bonds is 10. The Morgan fingerprint density at radius 2 is 1.81 bits per heavy atom. The first-order valence-electron chi connectivity index (χ1n) is 7.82. The first-order valence-corrected chi connectivity index (χ1v) is 7.82. The van der Waals surface area contributed by atoms with Crippen LogP contribution in [-0.4, -0.2) is 69.2 Å². The number of hydrogen-bond donors (Lipinski definition) is 1. The maximum Gasteiger partial charge on any atom is 0.224 e. The van der Waals surface area contributed by atoms with E-state index in [0.29, 0.717) is 19.6 Å². The van der Waals surface area contributed by atoms with Gasteiger partial charge in [0.25, 0.3) is 0 Å². The Kier molecular flexibility index (Phi) is 9.83. The molecular formula is C16H35N3O2. The van der Waals surface area contributed by atoms with E-state index in [1.807, 2.05) is 19.0 Å². The maximum absolute atomic E-state index is 12.4. The van der Waals surface area contributed by atoms with Crippen LogP contribution in [0.1, 0.15) is 40.0 Å². The summed E-state index contributed by atoms with van der Waals surface area (Å²) < 4.78 is 5.10. The first kappa shape index (κ1) is 20.3. The fourth-order valence-electron chi connectivity index (χ4n) is 2.35. The zero-order valence-corrected chi connectivity index (χ0v) is 14.8. The number of methoxy groups -OCH3 is 1. The Morgan fingerprint density at radius 3 is 2.29 bits per heavy atom. The van der Waals surface area contributed by atoms with Crippen molar-refractivity contribution in [1.82, 2.24) is 9.80 Å². The molecule has 0 saturated heterocycles. The molecule has 1 unspecified atom stereocenters. The molecule has 0 rings (SSSR count). The highest BCUT2D eigenvalue weighted by Crippen LogP contribution is 2.21. The third-order valence-electron chi connectivity index (χ3n) is 3.26. The minimum Gasteiger partial charge on any atom is -0.383 e. The summed E-state index contributed by atoms with van der Waals surface area (Å²) in [6.45, 7) is 9.41. The molecule has 5 heteroatoms. The lowest BCUT2D eigenvalue weighted by atomic mass is 9.87. The van der Waals surface area contributed by atoms with Crippen molar-refractivity contribution in [3.63, 3.8) is 0 Å². The van der Waals surface area contributed by atoms with Crippen LogP contribution in [0.3, 0.4) is 0 Å². The highest BCUT2D eigenvalue weighted by molar-refractivity contribution is 5.76. The van der Waals surface area contributed by atoms with Gasteiger partial charge in [-0.05, 0) is 38.9 Å². The van der Waals surface area contributed by atoms with Crippen molar-refractivity contribution in [2.24, 2.45) is 11.1 Å². The van der Waals surface area contributed by atoms with Gasteiger partial charge in [-0.2, -0.15) is 0 Å². The van der Waals surface area contributed by atoms with Crippen molar-refractivity contribution in [2.75, 3.05) is 47.4 Å². The average molecular weight is 301 g/mol. The summed E-state index contributed by atoms with van der Waals surface area (Å²) in [6.07, 6.45) is 2.24. The van der Waals surface area contributed by atoms with E-state index in [4.69, 9.17) is 10.5 Å². The molecule has 0 aromatic carbocycles. The summed E-state index contributed by atoms with van der Waals surface area (Å²) in [5, 5.41) is 0. The molecule has 2 N–H and O–H groups in total. The van der Waals surface area contributed by atoms with Crippen molar-refractivity contribution in [3.05, 3.63) is 0 Å². The molecule has 0 spiro atoms. The quantitative estimate of drug-likeness (QED) is 0.665. The van der Waals surface area contributed by atoms with Crippen molar-refractivity contribution in [1.29, 1.82) is 0 Å². The predicted octanol–water partition coefficient (Wildman–Crippen LogP) is 1.57. The lowest BCUT2D eigenvalue weighted by molar-refractivity contribution is -0.132. The van der Waals surface area contributed by atoms with E-state index in [2.05, 4.69) is 25.7 Å². The molecule has 0 heterocycles. The molecule has 0 aliphatic heterocycles. The average Bonchev–Trinajstić information content (AvgIpc) is 2.30. The van der Waals surface area contributed by atoms with Crippen molar-refractivity contribution in [3.8, 4) is 0 Å². The second kappa shape index (κ2) is 10.1. The number of nitrogens with two attached hydrogens (primary N) is 1. The molecular weight excluding hydrogens is 266 g/mol. The molecule has 0 aliphatic rings. The smallest absolute Gasteiger partial charge is 0.224 e. The van der Waals surface area contributed by atoms with Gasteiger partial charge >= 0.3 is 0 Å². The van der Waals surface area contributed by atoms with E-state index in [1.54, 1.807) is 7.11 Å². The van der Waals surface area contributed by atoms with Crippen molar-refractivity contribution >= 4 is 5.91 Å². The zero-order valence-electron chi connectivity index (χ0n) is 14.8. The minimum absolute atomic E-state index is 0.0728. The summed E-state index contributed by atoms with van der Waals surface area (Å²) >= 11 is 0. The Labute approximate surface area is 130 Å². The monoisotopic (exact) mass is 301 g/mol. The SMILES string of the molecule is COCCN(CCCN(C)C)C(=O)CC(N)CC(C)(C)C. The number of amides is 1. The Morgan fingerprint density at radius 1 is 1.19 bits per heavy atom. The molecule has 1 amide bonds. The van der Waals surface area contributed by atoms with Gasteiger partial charge < -0.3 is 20.3 Å². The number of ether oxygens (including phenoxy) is 1. The molecule has 1 atom stereocenters. The van der Waals surface area contributed by atoms with Gasteiger partial charge in [-0.25, -0.2) is 0 Å². The fourth-order valence-corrected chi connectivity index (χ4v) is 2.35. The van der Waals surface area contributed by atoms with Crippen LogP contribution < -0.4 is 5.73 Å². The van der Waals surface area contributed by atoms with Crippen molar-refractivity contribution < 1.29 is 9.53 Å². The lowest BCUT2D eigenvalue weighted by Gasteiger charge is -2.27. The molecule has 0 aromatic rings. The molecule has 0 saturated carbocycles. The van der Waals surface area contributed by atoms with Gasteiger partial charge in [-0.3, -0.25) is 4.79 Å². The van der Waals surface area contributed by atoms with Crippen LogP contribution >= 0.6 is 0 Å². The summed E-state index contributed by atoms with van der Waals surface area (Å²) in [4.78, 5) is 16.4. The van der Waals surface area contributed by atoms with E-state index in [1.165, 1.54) is 0 Å². The van der Waals surface area contributed by atoms with E-state index in [-0.39, 0.29) is 17.4 Å². The Hall–Kier alpha value is -0.650. The largest absolute Gasteiger partial charge is 0.383 e. The zero-order chi connectivity index (χ0) is 16.5. The summed E-state index contributed by atoms with van der Waals surface area (Å²) in [5.74, 6) is 0.141. The highest BCUT2D eigenvalue weighted by Gasteiger charge is 2.21. The molecule has 0 aliphatic carbocycles. The Bertz CT molecular complexity index is 288. The summed E-state index contributed by atoms with van der Waals surface area (Å²) in [6, 6.07) is -0.0728. The second-order valence-electron chi connectivity index (χ2n) is 7.26. The molecule has 0 aromatic heterocycles. The predicted molar refractivity (Wildman–Crippen MR) is 88.3 cm³/mol. The molecule has 0 fully saturated rings. The van der Waals surface area contributed by atoms with Crippen LogP contribution in [-0.2, 0) is 9.53 Å². The first-order chi connectivity index (χ1) is 9.65. The van der Waals surface area contributed by atoms with Crippen LogP contribution in [0.2, 0.25) is 0 Å². The van der Waals surface area contributed by atoms with Crippen LogP contribution in [0.4, 0.5) is 0 Å². The van der Waals surface area contributed by atoms with Gasteiger partial charge in [0.2, 0.25) is 5.91 Å². The molecule has 5 nitrogen and oxygen atoms in total. The van der Waals surface area contributed by atoms with Gasteiger partial charge in [0.05, 0.1) is 6.61 Å². The minimum atomic E-state index is -0.0728. The number of hydrogen-bond acceptors (Lipinski definition) is 4. The fraction of sp³-hybridized carbons (Fsp3) is 0.938. The van der Waals surface area contributed by atoms with Crippen LogP contribution in [0.15, 0.2) is 0 Å². The van der Waals surface area contributed by atoms with Gasteiger partial charge in [0, 0.05) is 32.7 Å². The van der Waals surface area contributed by atoms with Crippen LogP contribution in [0.25, 0.3) is 0 Å². The molecule has 0 bridgehead atoms. The number of carbonyl (C=O) groups is 1. The van der Waals surface area contributed by atoms with Crippen LogP contribution in [0, 0.1) is 5.41 Å². The van der Waals surface area contributed by atoms with Gasteiger partial charge in [0.1, 0.15) is 0 Å². The summed E-state index contributed by atoms with van der Waals surface area (Å²) in [7, 11) is 5.74. The van der Waals surface area contributed by atoms with Crippen LogP contribution in [0.5, 0.6) is 0 Å². The van der Waals surface area contributed by atoms with E-state index in [9.17, 15) is 4.79 Å². The molecule has 0 radical (unpaired) electrons. The van der Waals surface area contributed by atoms with Crippen molar-refractivity contribution in [2.45, 2.75) is 46.1 Å². The van der Waals surface area contributed by atoms with E-state index >= 15 is 0 Å². The Balaban J connectivity index is 4.35. The van der Waals surface area contributed by atoms with E-state index in [0.717, 1.165) is 25.9 Å². The standard InChI is InChI=1S/C16H35N3O2/c1-16(2,3)13-14(17)12-15(20)19(10-11-21-6)9-7-8-18(4)5/h14H,7-13,17H2,1-6H3. The lowest BCUT2D eigenvalue weighted by Crippen LogP contribution is -2.40. The van der Waals surface area contributed by atoms with Gasteiger partial charge in [-0.15, -0.1) is 0 Å². The highest BCUT2D eigenvalue weighted by atomic mass is 16.5. The topological polar surface area (TPSA) is 58.8 Å². The number of nitrogens with zero attached hydrogens (tertiary/aromatic N) is 2. The maximum atomic E-state index is 12.4.